The Labute approximate surface area is 427 Å². The van der Waals surface area contributed by atoms with Crippen LogP contribution in [0, 0.1) is 0 Å². The van der Waals surface area contributed by atoms with E-state index in [0.29, 0.717) is 19.3 Å². The first kappa shape index (κ1) is 66.9. The molecule has 0 aliphatic rings. The minimum Gasteiger partial charge on any atom is -0.462 e. The number of aliphatic hydroxyl groups excluding tert-OH is 1. The molecule has 0 aromatic rings. The zero-order valence-electron chi connectivity index (χ0n) is 44.5. The summed E-state index contributed by atoms with van der Waals surface area (Å²) in [5.41, 5.74) is 0. The molecular weight excluding hydrogens is 904 g/mol. The van der Waals surface area contributed by atoms with E-state index in [1.807, 2.05) is 0 Å². The molecule has 2 N–H and O–H groups in total. The van der Waals surface area contributed by atoms with Crippen molar-refractivity contribution in [1.29, 1.82) is 0 Å². The number of allylic oxidation sites excluding steroid dienone is 12. The van der Waals surface area contributed by atoms with Crippen molar-refractivity contribution in [3.8, 4) is 0 Å². The summed E-state index contributed by atoms with van der Waals surface area (Å²) in [6.45, 7) is 4.45. The standard InChI is InChI=1S/C58H101O11P/c1-4-7-10-13-16-19-21-23-25-26-27-28-30-31-33-36-38-41-44-47-56(60)65-51-55(69-58(62)49-46-43-40-37-34-32-29-24-22-20-17-14-11-8-5-2)53-67-70(63,64)66-52-54(50-59)68-57(61)48-45-42-39-35-18-15-12-9-6-3/h7,10,16,19,23-25,27-29,31,33,54-55,59H,4-6,8-9,11-15,17-18,20-22,26,30,32,34-53H2,1-3H3,(H,63,64)/b10-7-,19-16-,25-23-,28-27-,29-24-,33-31-. The quantitative estimate of drug-likeness (QED) is 0.0197. The molecule has 0 fully saturated rings. The lowest BCUT2D eigenvalue weighted by molar-refractivity contribution is -0.161. The molecule has 0 aliphatic heterocycles. The molecule has 0 rings (SSSR count). The van der Waals surface area contributed by atoms with Crippen LogP contribution < -0.4 is 0 Å². The van der Waals surface area contributed by atoms with E-state index in [1.54, 1.807) is 0 Å². The molecule has 0 spiro atoms. The zero-order chi connectivity index (χ0) is 51.3. The maximum atomic E-state index is 12.9. The van der Waals surface area contributed by atoms with Crippen LogP contribution in [0.2, 0.25) is 0 Å². The first-order valence-corrected chi connectivity index (χ1v) is 29.3. The summed E-state index contributed by atoms with van der Waals surface area (Å²) < 4.78 is 39.4. The second kappa shape index (κ2) is 52.2. The van der Waals surface area contributed by atoms with Crippen molar-refractivity contribution >= 4 is 25.7 Å². The van der Waals surface area contributed by atoms with Gasteiger partial charge in [0, 0.05) is 19.3 Å². The van der Waals surface area contributed by atoms with Crippen LogP contribution >= 0.6 is 7.82 Å². The van der Waals surface area contributed by atoms with Crippen LogP contribution in [0.1, 0.15) is 239 Å². The molecule has 0 heterocycles. The van der Waals surface area contributed by atoms with Crippen LogP contribution in [-0.2, 0) is 42.2 Å². The molecule has 12 heteroatoms. The second-order valence-corrected chi connectivity index (χ2v) is 19.8. The van der Waals surface area contributed by atoms with E-state index in [-0.39, 0.29) is 25.9 Å². The average Bonchev–Trinajstić information content (AvgIpc) is 3.35. The molecule has 3 unspecified atom stereocenters. The summed E-state index contributed by atoms with van der Waals surface area (Å²) in [5, 5.41) is 9.76. The minimum absolute atomic E-state index is 0.149. The normalized spacial score (nSPS) is 14.0. The van der Waals surface area contributed by atoms with E-state index in [9.17, 15) is 28.9 Å². The minimum atomic E-state index is -4.75. The van der Waals surface area contributed by atoms with Gasteiger partial charge >= 0.3 is 25.7 Å². The maximum Gasteiger partial charge on any atom is 0.472 e. The van der Waals surface area contributed by atoms with Gasteiger partial charge in [-0.2, -0.15) is 0 Å². The largest absolute Gasteiger partial charge is 0.472 e. The molecule has 0 radical (unpaired) electrons. The van der Waals surface area contributed by atoms with Gasteiger partial charge in [-0.1, -0.05) is 203 Å². The van der Waals surface area contributed by atoms with Crippen LogP contribution in [0.4, 0.5) is 0 Å². The molecule has 0 saturated heterocycles. The number of phosphoric acid groups is 1. The monoisotopic (exact) mass is 1000 g/mol. The number of ether oxygens (including phenoxy) is 3. The third-order valence-corrected chi connectivity index (χ3v) is 12.6. The fourth-order valence-electron chi connectivity index (χ4n) is 7.38. The van der Waals surface area contributed by atoms with E-state index in [0.717, 1.165) is 109 Å². The Bertz CT molecular complexity index is 1450. The van der Waals surface area contributed by atoms with Crippen molar-refractivity contribution in [3.63, 3.8) is 0 Å². The van der Waals surface area contributed by atoms with Gasteiger partial charge < -0.3 is 24.2 Å². The summed E-state index contributed by atoms with van der Waals surface area (Å²) >= 11 is 0. The van der Waals surface area contributed by atoms with E-state index in [2.05, 4.69) is 93.7 Å². The van der Waals surface area contributed by atoms with Crippen molar-refractivity contribution in [2.45, 2.75) is 251 Å². The van der Waals surface area contributed by atoms with Crippen LogP contribution in [0.5, 0.6) is 0 Å². The topological polar surface area (TPSA) is 155 Å². The molecule has 0 aromatic heterocycles. The van der Waals surface area contributed by atoms with E-state index in [4.69, 9.17) is 23.3 Å². The van der Waals surface area contributed by atoms with Gasteiger partial charge in [0.2, 0.25) is 0 Å². The van der Waals surface area contributed by atoms with Crippen molar-refractivity contribution in [3.05, 3.63) is 72.9 Å². The first-order chi connectivity index (χ1) is 34.2. The third-order valence-electron chi connectivity index (χ3n) is 11.6. The summed E-state index contributed by atoms with van der Waals surface area (Å²) in [4.78, 5) is 48.4. The van der Waals surface area contributed by atoms with E-state index < -0.39 is 57.8 Å². The summed E-state index contributed by atoms with van der Waals surface area (Å²) in [6, 6.07) is 0. The van der Waals surface area contributed by atoms with Gasteiger partial charge in [-0.25, -0.2) is 4.57 Å². The van der Waals surface area contributed by atoms with Gasteiger partial charge in [0.25, 0.3) is 0 Å². The molecule has 0 saturated carbocycles. The van der Waals surface area contributed by atoms with Gasteiger partial charge in [0.1, 0.15) is 12.7 Å². The molecule has 0 amide bonds. The Hall–Kier alpha value is -3.08. The molecule has 404 valence electrons. The van der Waals surface area contributed by atoms with Crippen LogP contribution in [0.25, 0.3) is 0 Å². The lowest BCUT2D eigenvalue weighted by Gasteiger charge is -2.21. The fraction of sp³-hybridized carbons (Fsp3) is 0.741. The highest BCUT2D eigenvalue weighted by Gasteiger charge is 2.28. The molecule has 0 aliphatic carbocycles. The maximum absolute atomic E-state index is 12.9. The van der Waals surface area contributed by atoms with Crippen molar-refractivity contribution in [2.75, 3.05) is 26.4 Å². The van der Waals surface area contributed by atoms with Crippen LogP contribution in [-0.4, -0.2) is 66.5 Å². The predicted octanol–water partition coefficient (Wildman–Crippen LogP) is 16.1. The summed E-state index contributed by atoms with van der Waals surface area (Å²) in [6.07, 6.45) is 57.3. The SMILES string of the molecule is CC/C=C\C/C=C\C/C=C\C/C=C\C/C=C\CCCCCC(=O)OCC(COP(=O)(O)OCC(CO)OC(=O)CCCCCCCCCCC)OC(=O)CCCCCCC/C=C\CCCCCCCC. The van der Waals surface area contributed by atoms with Gasteiger partial charge in [0.05, 0.1) is 19.8 Å². The van der Waals surface area contributed by atoms with Crippen molar-refractivity contribution < 1.29 is 52.2 Å². The molecule has 0 bridgehead atoms. The number of esters is 3. The number of hydrogen-bond acceptors (Lipinski definition) is 10. The third kappa shape index (κ3) is 49.9. The summed E-state index contributed by atoms with van der Waals surface area (Å²) in [7, 11) is -4.75. The average molecular weight is 1010 g/mol. The molecular formula is C58H101O11P. The number of phosphoric ester groups is 1. The second-order valence-electron chi connectivity index (χ2n) is 18.4. The lowest BCUT2D eigenvalue weighted by Crippen LogP contribution is -2.30. The van der Waals surface area contributed by atoms with E-state index >= 15 is 0 Å². The Morgan fingerprint density at radius 3 is 1.17 bits per heavy atom. The number of rotatable bonds is 51. The zero-order valence-corrected chi connectivity index (χ0v) is 45.4. The highest BCUT2D eigenvalue weighted by Crippen LogP contribution is 2.43. The highest BCUT2D eigenvalue weighted by molar-refractivity contribution is 7.47. The van der Waals surface area contributed by atoms with Crippen LogP contribution in [0.3, 0.4) is 0 Å². The van der Waals surface area contributed by atoms with E-state index in [1.165, 1.54) is 70.6 Å². The van der Waals surface area contributed by atoms with Gasteiger partial charge in [-0.05, 0) is 89.9 Å². The molecule has 0 aromatic carbocycles. The number of carbonyl (C=O) groups excluding carboxylic acids is 3. The van der Waals surface area contributed by atoms with Crippen molar-refractivity contribution in [2.24, 2.45) is 0 Å². The van der Waals surface area contributed by atoms with Crippen LogP contribution in [0.15, 0.2) is 72.9 Å². The Morgan fingerprint density at radius 1 is 0.414 bits per heavy atom. The number of aliphatic hydroxyl groups is 1. The Morgan fingerprint density at radius 2 is 0.743 bits per heavy atom. The Balaban J connectivity index is 4.79. The number of unbranched alkanes of at least 4 members (excludes halogenated alkanes) is 22. The Kier molecular flexibility index (Phi) is 50.0. The summed E-state index contributed by atoms with van der Waals surface area (Å²) in [5.74, 6) is -1.51. The van der Waals surface area contributed by atoms with Gasteiger partial charge in [-0.15, -0.1) is 0 Å². The molecule has 70 heavy (non-hydrogen) atoms. The predicted molar refractivity (Wildman–Crippen MR) is 288 cm³/mol. The van der Waals surface area contributed by atoms with Crippen molar-refractivity contribution in [1.82, 2.24) is 0 Å². The number of carbonyl (C=O) groups is 3. The van der Waals surface area contributed by atoms with Gasteiger partial charge in [0.15, 0.2) is 6.10 Å². The fourth-order valence-corrected chi connectivity index (χ4v) is 8.16. The number of hydrogen-bond donors (Lipinski definition) is 2. The van der Waals surface area contributed by atoms with Gasteiger partial charge in [-0.3, -0.25) is 23.4 Å². The molecule has 3 atom stereocenters. The molecule has 11 nitrogen and oxygen atoms in total. The smallest absolute Gasteiger partial charge is 0.462 e. The lowest BCUT2D eigenvalue weighted by atomic mass is 10.1. The first-order valence-electron chi connectivity index (χ1n) is 27.8. The highest BCUT2D eigenvalue weighted by atomic mass is 31.2.